The number of methoxy groups -OCH3 is 1. The molecule has 0 saturated heterocycles. The van der Waals surface area contributed by atoms with Crippen LogP contribution in [0.5, 0.6) is 5.75 Å². The molecular weight excluding hydrogens is 246 g/mol. The molecule has 0 aliphatic heterocycles. The molecule has 0 aliphatic carbocycles. The average molecular weight is 260 g/mol. The second-order valence-electron chi connectivity index (χ2n) is 2.96. The number of rotatable bonds is 4. The van der Waals surface area contributed by atoms with Crippen LogP contribution in [0.4, 0.5) is 0 Å². The minimum atomic E-state index is -0.563. The van der Waals surface area contributed by atoms with Crippen molar-refractivity contribution in [1.82, 2.24) is 0 Å². The van der Waals surface area contributed by atoms with Gasteiger partial charge in [0, 0.05) is 5.56 Å². The van der Waals surface area contributed by atoms with Gasteiger partial charge in [-0.3, -0.25) is 0 Å². The first-order chi connectivity index (χ1) is 6.70. The Bertz CT molecular complexity index is 304. The maximum absolute atomic E-state index is 9.78. The summed E-state index contributed by atoms with van der Waals surface area (Å²) >= 11 is 3.36. The van der Waals surface area contributed by atoms with Gasteiger partial charge in [0.2, 0.25) is 0 Å². The van der Waals surface area contributed by atoms with E-state index in [4.69, 9.17) is 10.5 Å². The van der Waals surface area contributed by atoms with E-state index in [-0.39, 0.29) is 0 Å². The lowest BCUT2D eigenvalue weighted by molar-refractivity contribution is 0.166. The molecule has 0 fully saturated rings. The van der Waals surface area contributed by atoms with Gasteiger partial charge in [0.1, 0.15) is 5.75 Å². The molecule has 0 radical (unpaired) electrons. The maximum Gasteiger partial charge on any atom is 0.138 e. The largest absolute Gasteiger partial charge is 0.495 e. The monoisotopic (exact) mass is 259 g/mol. The van der Waals surface area contributed by atoms with Crippen LogP contribution in [0, 0.1) is 0 Å². The second-order valence-corrected chi connectivity index (χ2v) is 3.81. The molecule has 0 bridgehead atoms. The molecule has 0 spiro atoms. The molecule has 78 valence electrons. The molecule has 1 aromatic carbocycles. The summed E-state index contributed by atoms with van der Waals surface area (Å²) in [4.78, 5) is 0. The highest BCUT2D eigenvalue weighted by Gasteiger charge is 2.14. The normalized spacial score (nSPS) is 12.6. The Kier molecular flexibility index (Phi) is 4.38. The SMILES string of the molecule is COc1c(Br)cccc1[C@H](O)CCN. The van der Waals surface area contributed by atoms with E-state index in [1.807, 2.05) is 18.2 Å². The highest BCUT2D eigenvalue weighted by molar-refractivity contribution is 9.10. The number of aliphatic hydroxyl groups is 1. The zero-order chi connectivity index (χ0) is 10.6. The van der Waals surface area contributed by atoms with E-state index < -0.39 is 6.10 Å². The molecule has 3 nitrogen and oxygen atoms in total. The van der Waals surface area contributed by atoms with Crippen molar-refractivity contribution in [2.75, 3.05) is 13.7 Å². The molecule has 0 unspecified atom stereocenters. The number of nitrogens with two attached hydrogens (primary N) is 1. The lowest BCUT2D eigenvalue weighted by Gasteiger charge is -2.14. The van der Waals surface area contributed by atoms with Crippen LogP contribution in [0.3, 0.4) is 0 Å². The van der Waals surface area contributed by atoms with Gasteiger partial charge in [-0.1, -0.05) is 12.1 Å². The predicted octanol–water partition coefficient (Wildman–Crippen LogP) is 1.84. The topological polar surface area (TPSA) is 55.5 Å². The first-order valence-electron chi connectivity index (χ1n) is 4.41. The quantitative estimate of drug-likeness (QED) is 0.868. The molecule has 0 amide bonds. The summed E-state index contributed by atoms with van der Waals surface area (Å²) < 4.78 is 6.04. The van der Waals surface area contributed by atoms with Crippen LogP contribution in [0.2, 0.25) is 0 Å². The van der Waals surface area contributed by atoms with E-state index in [9.17, 15) is 5.11 Å². The zero-order valence-electron chi connectivity index (χ0n) is 8.03. The molecule has 14 heavy (non-hydrogen) atoms. The molecule has 1 rings (SSSR count). The molecule has 0 saturated carbocycles. The summed E-state index contributed by atoms with van der Waals surface area (Å²) in [6.07, 6.45) is -0.0280. The van der Waals surface area contributed by atoms with E-state index in [0.717, 1.165) is 10.0 Å². The second kappa shape index (κ2) is 5.34. The van der Waals surface area contributed by atoms with Gasteiger partial charge < -0.3 is 15.6 Å². The summed E-state index contributed by atoms with van der Waals surface area (Å²) in [6, 6.07) is 5.57. The van der Waals surface area contributed by atoms with Crippen molar-refractivity contribution >= 4 is 15.9 Å². The number of halogens is 1. The molecule has 0 heterocycles. The third-order valence-corrected chi connectivity index (χ3v) is 2.63. The summed E-state index contributed by atoms with van der Waals surface area (Å²) in [6.45, 7) is 0.455. The zero-order valence-corrected chi connectivity index (χ0v) is 9.62. The maximum atomic E-state index is 9.78. The minimum Gasteiger partial charge on any atom is -0.495 e. The van der Waals surface area contributed by atoms with E-state index in [1.165, 1.54) is 0 Å². The standard InChI is InChI=1S/C10H14BrNO2/c1-14-10-7(9(13)5-6-12)3-2-4-8(10)11/h2-4,9,13H,5-6,12H2,1H3/t9-/m1/s1. The summed E-state index contributed by atoms with van der Waals surface area (Å²) in [5, 5.41) is 9.78. The van der Waals surface area contributed by atoms with Crippen molar-refractivity contribution < 1.29 is 9.84 Å². The van der Waals surface area contributed by atoms with Gasteiger partial charge >= 0.3 is 0 Å². The molecule has 0 aliphatic rings. The number of benzene rings is 1. The molecule has 3 N–H and O–H groups in total. The lowest BCUT2D eigenvalue weighted by atomic mass is 10.1. The first-order valence-corrected chi connectivity index (χ1v) is 5.20. The number of aliphatic hydroxyl groups excluding tert-OH is 1. The van der Waals surface area contributed by atoms with Gasteiger partial charge in [-0.15, -0.1) is 0 Å². The van der Waals surface area contributed by atoms with E-state index >= 15 is 0 Å². The number of para-hydroxylation sites is 1. The van der Waals surface area contributed by atoms with Crippen LogP contribution in [0.25, 0.3) is 0 Å². The molecule has 1 atom stereocenters. The van der Waals surface area contributed by atoms with Crippen LogP contribution in [-0.2, 0) is 0 Å². The summed E-state index contributed by atoms with van der Waals surface area (Å²) in [5.41, 5.74) is 6.15. The van der Waals surface area contributed by atoms with Crippen molar-refractivity contribution in [3.63, 3.8) is 0 Å². The van der Waals surface area contributed by atoms with Crippen LogP contribution < -0.4 is 10.5 Å². The molecule has 1 aromatic rings. The van der Waals surface area contributed by atoms with Gasteiger partial charge in [0.25, 0.3) is 0 Å². The van der Waals surface area contributed by atoms with Crippen molar-refractivity contribution in [3.05, 3.63) is 28.2 Å². The van der Waals surface area contributed by atoms with Crippen molar-refractivity contribution in [1.29, 1.82) is 0 Å². The van der Waals surface area contributed by atoms with Crippen LogP contribution >= 0.6 is 15.9 Å². The molecule has 4 heteroatoms. The van der Waals surface area contributed by atoms with Gasteiger partial charge in [-0.2, -0.15) is 0 Å². The highest BCUT2D eigenvalue weighted by Crippen LogP contribution is 2.33. The van der Waals surface area contributed by atoms with Crippen LogP contribution in [0.1, 0.15) is 18.1 Å². The Morgan fingerprint density at radius 1 is 1.57 bits per heavy atom. The molecule has 0 aromatic heterocycles. The van der Waals surface area contributed by atoms with E-state index in [2.05, 4.69) is 15.9 Å². The van der Waals surface area contributed by atoms with E-state index in [0.29, 0.717) is 18.7 Å². The van der Waals surface area contributed by atoms with Crippen molar-refractivity contribution in [3.8, 4) is 5.75 Å². The fraction of sp³-hybridized carbons (Fsp3) is 0.400. The third-order valence-electron chi connectivity index (χ3n) is 2.00. The Balaban J connectivity index is 3.00. The van der Waals surface area contributed by atoms with E-state index in [1.54, 1.807) is 7.11 Å². The fourth-order valence-corrected chi connectivity index (χ4v) is 1.86. The number of hydrogen-bond donors (Lipinski definition) is 2. The Morgan fingerprint density at radius 2 is 2.29 bits per heavy atom. The first kappa shape index (κ1) is 11.5. The lowest BCUT2D eigenvalue weighted by Crippen LogP contribution is -2.08. The average Bonchev–Trinajstić information content (AvgIpc) is 2.17. The van der Waals surface area contributed by atoms with Crippen LogP contribution in [-0.4, -0.2) is 18.8 Å². The van der Waals surface area contributed by atoms with Crippen molar-refractivity contribution in [2.24, 2.45) is 5.73 Å². The molecular formula is C10H14BrNO2. The Hall–Kier alpha value is -0.580. The number of hydrogen-bond acceptors (Lipinski definition) is 3. The summed E-state index contributed by atoms with van der Waals surface area (Å²) in [7, 11) is 1.58. The highest BCUT2D eigenvalue weighted by atomic mass is 79.9. The third kappa shape index (κ3) is 2.47. The smallest absolute Gasteiger partial charge is 0.138 e. The van der Waals surface area contributed by atoms with Gasteiger partial charge in [0.05, 0.1) is 17.7 Å². The fourth-order valence-electron chi connectivity index (χ4n) is 1.32. The Labute approximate surface area is 92.0 Å². The summed E-state index contributed by atoms with van der Waals surface area (Å²) in [5.74, 6) is 0.674. The predicted molar refractivity (Wildman–Crippen MR) is 59.3 cm³/mol. The Morgan fingerprint density at radius 3 is 2.86 bits per heavy atom. The number of ether oxygens (including phenoxy) is 1. The van der Waals surface area contributed by atoms with Crippen LogP contribution in [0.15, 0.2) is 22.7 Å². The van der Waals surface area contributed by atoms with Gasteiger partial charge in [-0.05, 0) is 35.0 Å². The van der Waals surface area contributed by atoms with Gasteiger partial charge in [0.15, 0.2) is 0 Å². The van der Waals surface area contributed by atoms with Crippen molar-refractivity contribution in [2.45, 2.75) is 12.5 Å². The van der Waals surface area contributed by atoms with Gasteiger partial charge in [-0.25, -0.2) is 0 Å². The minimum absolute atomic E-state index is 0.455.